The second-order valence-corrected chi connectivity index (χ2v) is 6.56. The molecule has 0 fully saturated rings. The van der Waals surface area contributed by atoms with E-state index < -0.39 is 28.9 Å². The van der Waals surface area contributed by atoms with Crippen LogP contribution in [0.25, 0.3) is 0 Å². The third-order valence-electron chi connectivity index (χ3n) is 3.17. The highest BCUT2D eigenvalue weighted by atomic mass is 32.1. The second kappa shape index (κ2) is 6.04. The largest absolute Gasteiger partial charge is 0.419 e. The van der Waals surface area contributed by atoms with E-state index in [1.54, 1.807) is 35.0 Å². The first kappa shape index (κ1) is 15.5. The van der Waals surface area contributed by atoms with E-state index in [0.717, 1.165) is 18.2 Å². The van der Waals surface area contributed by atoms with Crippen molar-refractivity contribution in [3.8, 4) is 0 Å². The molecule has 0 aliphatic heterocycles. The Hall–Kier alpha value is -2.35. The van der Waals surface area contributed by atoms with Gasteiger partial charge in [-0.1, -0.05) is 12.1 Å². The van der Waals surface area contributed by atoms with Crippen molar-refractivity contribution in [3.63, 3.8) is 0 Å². The molecular weight excluding hydrogens is 336 g/mol. The molecule has 5 nitrogen and oxygen atoms in total. The molecule has 0 saturated heterocycles. The van der Waals surface area contributed by atoms with E-state index >= 15 is 0 Å². The summed E-state index contributed by atoms with van der Waals surface area (Å²) in [6.45, 7) is 0. The molecule has 0 bridgehead atoms. The molecule has 1 N–H and O–H groups in total. The van der Waals surface area contributed by atoms with E-state index in [-0.39, 0.29) is 0 Å². The summed E-state index contributed by atoms with van der Waals surface area (Å²) in [6, 6.07) is 6.61. The Morgan fingerprint density at radius 2 is 1.65 bits per heavy atom. The minimum absolute atomic E-state index is 0.371. The summed E-state index contributed by atoms with van der Waals surface area (Å²) in [4.78, 5) is 36.4. The van der Waals surface area contributed by atoms with Crippen molar-refractivity contribution >= 4 is 40.2 Å². The highest BCUT2D eigenvalue weighted by molar-refractivity contribution is 7.12. The van der Waals surface area contributed by atoms with Gasteiger partial charge in [0, 0.05) is 6.08 Å². The minimum Gasteiger partial charge on any atom is -0.419 e. The molecule has 0 saturated carbocycles. The van der Waals surface area contributed by atoms with Crippen LogP contribution < -0.4 is 0 Å². The van der Waals surface area contributed by atoms with E-state index in [2.05, 4.69) is 0 Å². The van der Waals surface area contributed by atoms with Gasteiger partial charge in [0.25, 0.3) is 0 Å². The molecule has 3 rings (SSSR count). The van der Waals surface area contributed by atoms with Gasteiger partial charge in [0.2, 0.25) is 11.4 Å². The van der Waals surface area contributed by atoms with E-state index in [1.165, 1.54) is 22.7 Å². The highest BCUT2D eigenvalue weighted by Crippen LogP contribution is 2.37. The average Bonchev–Trinajstić information content (AvgIpc) is 3.23. The minimum atomic E-state index is -2.02. The zero-order chi connectivity index (χ0) is 16.4. The number of ketones is 2. The summed E-state index contributed by atoms with van der Waals surface area (Å²) in [5, 5.41) is 14.4. The SMILES string of the molecule is O=C1C=CC(=O)C(OC(=O)C(O)(c2cccs2)c2cccs2)=C1. The maximum atomic E-state index is 12.6. The number of hydrogen-bond acceptors (Lipinski definition) is 7. The van der Waals surface area contributed by atoms with Gasteiger partial charge < -0.3 is 9.84 Å². The van der Waals surface area contributed by atoms with Gasteiger partial charge in [0.05, 0.1) is 9.75 Å². The summed E-state index contributed by atoms with van der Waals surface area (Å²) in [7, 11) is 0. The number of aliphatic hydroxyl groups is 1. The first-order valence-corrected chi connectivity index (χ1v) is 8.28. The fraction of sp³-hybridized carbons (Fsp3) is 0.0625. The van der Waals surface area contributed by atoms with Crippen LogP contribution in [-0.2, 0) is 24.7 Å². The van der Waals surface area contributed by atoms with E-state index in [1.807, 2.05) is 0 Å². The molecule has 7 heteroatoms. The Balaban J connectivity index is 1.97. The van der Waals surface area contributed by atoms with Crippen molar-refractivity contribution in [3.05, 3.63) is 68.8 Å². The number of carbonyl (C=O) groups excluding carboxylic acids is 3. The lowest BCUT2D eigenvalue weighted by molar-refractivity contribution is -0.158. The zero-order valence-electron chi connectivity index (χ0n) is 11.6. The van der Waals surface area contributed by atoms with Crippen LogP contribution in [0.3, 0.4) is 0 Å². The molecular formula is C16H10O5S2. The highest BCUT2D eigenvalue weighted by Gasteiger charge is 2.44. The summed E-state index contributed by atoms with van der Waals surface area (Å²) >= 11 is 2.38. The van der Waals surface area contributed by atoms with Gasteiger partial charge in [0.1, 0.15) is 0 Å². The summed E-state index contributed by atoms with van der Waals surface area (Å²) < 4.78 is 5.05. The molecule has 2 heterocycles. The van der Waals surface area contributed by atoms with Gasteiger partial charge in [-0.25, -0.2) is 4.79 Å². The predicted octanol–water partition coefficient (Wildman–Crippen LogP) is 2.18. The molecule has 2 aromatic rings. The van der Waals surface area contributed by atoms with Crippen LogP contribution in [0.1, 0.15) is 9.75 Å². The normalized spacial score (nSPS) is 14.7. The third-order valence-corrected chi connectivity index (χ3v) is 5.13. The Kier molecular flexibility index (Phi) is 4.08. The molecule has 0 amide bonds. The smallest absolute Gasteiger partial charge is 0.354 e. The number of esters is 1. The van der Waals surface area contributed by atoms with E-state index in [9.17, 15) is 19.5 Å². The number of rotatable bonds is 4. The molecule has 1 aliphatic rings. The molecule has 0 spiro atoms. The number of ether oxygens (including phenoxy) is 1. The summed E-state index contributed by atoms with van der Waals surface area (Å²) in [5.74, 6) is -2.47. The number of allylic oxidation sites excluding steroid dienone is 3. The molecule has 1 aliphatic carbocycles. The van der Waals surface area contributed by atoms with Crippen molar-refractivity contribution in [2.24, 2.45) is 0 Å². The molecule has 2 aromatic heterocycles. The quantitative estimate of drug-likeness (QED) is 0.678. The molecule has 23 heavy (non-hydrogen) atoms. The Labute approximate surface area is 139 Å². The van der Waals surface area contributed by atoms with Crippen molar-refractivity contribution in [2.45, 2.75) is 5.60 Å². The van der Waals surface area contributed by atoms with Crippen molar-refractivity contribution in [1.29, 1.82) is 0 Å². The van der Waals surface area contributed by atoms with Crippen molar-refractivity contribution in [2.75, 3.05) is 0 Å². The van der Waals surface area contributed by atoms with Crippen LogP contribution in [-0.4, -0.2) is 22.6 Å². The molecule has 0 atom stereocenters. The van der Waals surface area contributed by atoms with Gasteiger partial charge in [0.15, 0.2) is 11.5 Å². The van der Waals surface area contributed by atoms with Gasteiger partial charge in [-0.15, -0.1) is 22.7 Å². The Bertz CT molecular complexity index is 779. The van der Waals surface area contributed by atoms with Crippen molar-refractivity contribution in [1.82, 2.24) is 0 Å². The summed E-state index contributed by atoms with van der Waals surface area (Å²) in [6.07, 6.45) is 3.05. The molecule has 0 aromatic carbocycles. The molecule has 0 unspecified atom stereocenters. The fourth-order valence-corrected chi connectivity index (χ4v) is 3.75. The van der Waals surface area contributed by atoms with E-state index in [4.69, 9.17) is 4.74 Å². The third kappa shape index (κ3) is 2.81. The monoisotopic (exact) mass is 346 g/mol. The Morgan fingerprint density at radius 1 is 1.04 bits per heavy atom. The lowest BCUT2D eigenvalue weighted by atomic mass is 10.00. The first-order valence-electron chi connectivity index (χ1n) is 6.52. The van der Waals surface area contributed by atoms with Crippen LogP contribution in [0.2, 0.25) is 0 Å². The average molecular weight is 346 g/mol. The van der Waals surface area contributed by atoms with Crippen LogP contribution in [0.4, 0.5) is 0 Å². The topological polar surface area (TPSA) is 80.7 Å². The van der Waals surface area contributed by atoms with Gasteiger partial charge in [-0.3, -0.25) is 9.59 Å². The maximum Gasteiger partial charge on any atom is 0.354 e. The van der Waals surface area contributed by atoms with Crippen LogP contribution in [0.15, 0.2) is 59.0 Å². The summed E-state index contributed by atoms with van der Waals surface area (Å²) in [5.41, 5.74) is -2.02. The van der Waals surface area contributed by atoms with E-state index in [0.29, 0.717) is 9.75 Å². The number of hydrogen-bond donors (Lipinski definition) is 1. The second-order valence-electron chi connectivity index (χ2n) is 4.66. The lowest BCUT2D eigenvalue weighted by Crippen LogP contribution is -2.37. The molecule has 0 radical (unpaired) electrons. The van der Waals surface area contributed by atoms with Gasteiger partial charge in [-0.05, 0) is 35.0 Å². The predicted molar refractivity (Wildman–Crippen MR) is 85.0 cm³/mol. The first-order chi connectivity index (χ1) is 11.0. The fourth-order valence-electron chi connectivity index (χ4n) is 2.03. The van der Waals surface area contributed by atoms with Crippen LogP contribution in [0.5, 0.6) is 0 Å². The molecule has 116 valence electrons. The maximum absolute atomic E-state index is 12.6. The number of thiophene rings is 2. The zero-order valence-corrected chi connectivity index (χ0v) is 13.2. The van der Waals surface area contributed by atoms with Gasteiger partial charge in [-0.2, -0.15) is 0 Å². The van der Waals surface area contributed by atoms with Gasteiger partial charge >= 0.3 is 5.97 Å². The Morgan fingerprint density at radius 3 is 2.17 bits per heavy atom. The standard InChI is InChI=1S/C16H10O5S2/c17-10-5-6-11(18)12(9-10)21-15(19)16(20,13-3-1-7-22-13)14-4-2-8-23-14/h1-9,20H. The van der Waals surface area contributed by atoms with Crippen molar-refractivity contribution < 1.29 is 24.2 Å². The van der Waals surface area contributed by atoms with Crippen LogP contribution >= 0.6 is 22.7 Å². The van der Waals surface area contributed by atoms with Crippen LogP contribution in [0, 0.1) is 0 Å². The lowest BCUT2D eigenvalue weighted by Gasteiger charge is -2.24. The number of carbonyl (C=O) groups is 3.